The average molecular weight is 572 g/mol. The minimum Gasteiger partial charge on any atom is -0.370 e. The van der Waals surface area contributed by atoms with Gasteiger partial charge in [0.15, 0.2) is 5.78 Å². The highest BCUT2D eigenvalue weighted by atomic mass is 16.2. The van der Waals surface area contributed by atoms with E-state index >= 15 is 0 Å². The van der Waals surface area contributed by atoms with Gasteiger partial charge in [-0.25, -0.2) is 4.98 Å². The molecule has 0 aliphatic rings. The van der Waals surface area contributed by atoms with Crippen LogP contribution in [0.25, 0.3) is 10.8 Å². The van der Waals surface area contributed by atoms with Gasteiger partial charge in [0.25, 0.3) is 0 Å². The zero-order valence-electron chi connectivity index (χ0n) is 24.4. The Labute approximate surface area is 252 Å². The van der Waals surface area contributed by atoms with Crippen molar-refractivity contribution in [1.29, 1.82) is 0 Å². The monoisotopic (exact) mass is 571 g/mol. The van der Waals surface area contributed by atoms with Crippen LogP contribution in [0.4, 0.5) is 5.82 Å². The van der Waals surface area contributed by atoms with Crippen LogP contribution in [0.5, 0.6) is 0 Å². The van der Waals surface area contributed by atoms with E-state index in [9.17, 15) is 9.59 Å². The molecule has 218 valence electrons. The van der Waals surface area contributed by atoms with Crippen molar-refractivity contribution in [3.63, 3.8) is 0 Å². The first-order chi connectivity index (χ1) is 21.1. The quantitative estimate of drug-likeness (QED) is 0.0801. The molecule has 3 aromatic carbocycles. The topological polar surface area (TPSA) is 96.0 Å². The summed E-state index contributed by atoms with van der Waals surface area (Å²) in [5.41, 5.74) is 3.58. The predicted octanol–water partition coefficient (Wildman–Crippen LogP) is 6.49. The molecule has 0 aliphatic heterocycles. The highest BCUT2D eigenvalue weighted by Gasteiger charge is 2.28. The Bertz CT molecular complexity index is 1620. The van der Waals surface area contributed by atoms with E-state index in [-0.39, 0.29) is 17.7 Å². The Morgan fingerprint density at radius 3 is 2.28 bits per heavy atom. The number of carbonyl (C=O) groups is 2. The number of fused-ring (bicyclic) bond motifs is 1. The van der Waals surface area contributed by atoms with Gasteiger partial charge in [-0.1, -0.05) is 78.9 Å². The number of amides is 1. The van der Waals surface area contributed by atoms with E-state index in [4.69, 9.17) is 0 Å². The van der Waals surface area contributed by atoms with Crippen molar-refractivity contribution in [2.75, 3.05) is 11.9 Å². The first-order valence-corrected chi connectivity index (χ1v) is 14.8. The largest absolute Gasteiger partial charge is 0.370 e. The Morgan fingerprint density at radius 1 is 0.767 bits per heavy atom. The number of nitrogens with one attached hydrogen (secondary N) is 3. The molecule has 7 nitrogen and oxygen atoms in total. The lowest BCUT2D eigenvalue weighted by atomic mass is 9.91. The normalized spacial score (nSPS) is 12.4. The molecule has 5 aromatic rings. The fourth-order valence-corrected chi connectivity index (χ4v) is 5.22. The van der Waals surface area contributed by atoms with E-state index in [1.54, 1.807) is 12.4 Å². The van der Waals surface area contributed by atoms with Crippen LogP contribution in [0, 0.1) is 5.92 Å². The fourth-order valence-electron chi connectivity index (χ4n) is 5.22. The van der Waals surface area contributed by atoms with Crippen LogP contribution in [0.3, 0.4) is 0 Å². The first kappa shape index (κ1) is 29.6. The molecule has 3 N–H and O–H groups in total. The van der Waals surface area contributed by atoms with Crippen LogP contribution in [-0.4, -0.2) is 28.2 Å². The lowest BCUT2D eigenvalue weighted by Crippen LogP contribution is -2.37. The molecular formula is C36H37N5O2. The summed E-state index contributed by atoms with van der Waals surface area (Å²) >= 11 is 0. The highest BCUT2D eigenvalue weighted by Crippen LogP contribution is 2.25. The molecule has 2 atom stereocenters. The molecule has 1 amide bonds. The maximum absolute atomic E-state index is 13.8. The zero-order chi connectivity index (χ0) is 29.9. The number of anilines is 1. The number of hydrogen-bond donors (Lipinski definition) is 3. The van der Waals surface area contributed by atoms with Gasteiger partial charge in [0.2, 0.25) is 5.91 Å². The van der Waals surface area contributed by atoms with Crippen molar-refractivity contribution in [1.82, 2.24) is 20.6 Å². The summed E-state index contributed by atoms with van der Waals surface area (Å²) in [6.07, 6.45) is 4.56. The number of ketones is 1. The summed E-state index contributed by atoms with van der Waals surface area (Å²) in [6.45, 7) is 3.88. The van der Waals surface area contributed by atoms with E-state index < -0.39 is 5.92 Å². The fraction of sp³-hybridized carbons (Fsp3) is 0.222. The van der Waals surface area contributed by atoms with Crippen molar-refractivity contribution in [3.05, 3.63) is 138 Å². The van der Waals surface area contributed by atoms with Gasteiger partial charge in [-0.3, -0.25) is 14.6 Å². The van der Waals surface area contributed by atoms with E-state index in [0.29, 0.717) is 38.0 Å². The SMILES string of the molecule is C[C@H](NC(=O)[C@@H](CCCNc1ccccn1)C(=O)c1ccc(CNCc2ccccn2)cc1)c1cccc2ccccc12. The number of hydrogen-bond acceptors (Lipinski definition) is 6. The number of carbonyl (C=O) groups excluding carboxylic acids is 2. The van der Waals surface area contributed by atoms with Gasteiger partial charge in [-0.15, -0.1) is 0 Å². The molecule has 2 heterocycles. The molecule has 0 radical (unpaired) electrons. The van der Waals surface area contributed by atoms with E-state index in [2.05, 4.69) is 44.1 Å². The van der Waals surface area contributed by atoms with E-state index in [1.165, 1.54) is 0 Å². The molecule has 0 spiro atoms. The molecule has 0 unspecified atom stereocenters. The smallest absolute Gasteiger partial charge is 0.231 e. The molecule has 0 bridgehead atoms. The van der Waals surface area contributed by atoms with Crippen LogP contribution < -0.4 is 16.0 Å². The molecule has 0 aliphatic carbocycles. The number of aromatic nitrogens is 2. The summed E-state index contributed by atoms with van der Waals surface area (Å²) in [5.74, 6) is -0.472. The third-order valence-electron chi connectivity index (χ3n) is 7.52. The number of rotatable bonds is 14. The molecule has 7 heteroatoms. The summed E-state index contributed by atoms with van der Waals surface area (Å²) in [7, 11) is 0. The molecular weight excluding hydrogens is 534 g/mol. The average Bonchev–Trinajstić information content (AvgIpc) is 3.05. The van der Waals surface area contributed by atoms with Gasteiger partial charge >= 0.3 is 0 Å². The van der Waals surface area contributed by atoms with Gasteiger partial charge in [0, 0.05) is 37.6 Å². The molecule has 0 fully saturated rings. The number of nitrogens with zero attached hydrogens (tertiary/aromatic N) is 2. The number of pyridine rings is 2. The van der Waals surface area contributed by atoms with Gasteiger partial charge in [0.1, 0.15) is 11.7 Å². The number of benzene rings is 3. The Kier molecular flexibility index (Phi) is 10.2. The summed E-state index contributed by atoms with van der Waals surface area (Å²) < 4.78 is 0. The molecule has 2 aromatic heterocycles. The van der Waals surface area contributed by atoms with Crippen molar-refractivity contribution >= 4 is 28.3 Å². The predicted molar refractivity (Wildman–Crippen MR) is 172 cm³/mol. The van der Waals surface area contributed by atoms with Crippen LogP contribution in [0.1, 0.15) is 53.0 Å². The van der Waals surface area contributed by atoms with Crippen molar-refractivity contribution in [3.8, 4) is 0 Å². The van der Waals surface area contributed by atoms with Crippen molar-refractivity contribution < 1.29 is 9.59 Å². The number of Topliss-reactive ketones (excluding diaryl/α,β-unsaturated/α-hetero) is 1. The van der Waals surface area contributed by atoms with Gasteiger partial charge in [-0.2, -0.15) is 0 Å². The molecule has 43 heavy (non-hydrogen) atoms. The second kappa shape index (κ2) is 14.8. The molecule has 0 saturated heterocycles. The van der Waals surface area contributed by atoms with Gasteiger partial charge in [0.05, 0.1) is 11.7 Å². The lowest BCUT2D eigenvalue weighted by Gasteiger charge is -2.21. The van der Waals surface area contributed by atoms with Gasteiger partial charge < -0.3 is 16.0 Å². The minimum absolute atomic E-state index is 0.173. The Hall–Kier alpha value is -4.88. The minimum atomic E-state index is -0.809. The third kappa shape index (κ3) is 8.11. The maximum Gasteiger partial charge on any atom is 0.231 e. The van der Waals surface area contributed by atoms with E-state index in [1.807, 2.05) is 91.9 Å². The highest BCUT2D eigenvalue weighted by molar-refractivity contribution is 6.10. The van der Waals surface area contributed by atoms with Gasteiger partial charge in [-0.05, 0) is 65.9 Å². The zero-order valence-corrected chi connectivity index (χ0v) is 24.4. The summed E-state index contributed by atoms with van der Waals surface area (Å²) in [5, 5.41) is 12.0. The van der Waals surface area contributed by atoms with Crippen molar-refractivity contribution in [2.45, 2.75) is 38.9 Å². The second-order valence-electron chi connectivity index (χ2n) is 10.6. The lowest BCUT2D eigenvalue weighted by molar-refractivity contribution is -0.124. The summed E-state index contributed by atoms with van der Waals surface area (Å²) in [4.78, 5) is 36.1. The Balaban J connectivity index is 1.26. The summed E-state index contributed by atoms with van der Waals surface area (Å²) in [6, 6.07) is 33.0. The van der Waals surface area contributed by atoms with Crippen LogP contribution in [-0.2, 0) is 17.9 Å². The third-order valence-corrected chi connectivity index (χ3v) is 7.52. The first-order valence-electron chi connectivity index (χ1n) is 14.8. The van der Waals surface area contributed by atoms with Crippen LogP contribution >= 0.6 is 0 Å². The van der Waals surface area contributed by atoms with Crippen LogP contribution in [0.2, 0.25) is 0 Å². The molecule has 5 rings (SSSR count). The van der Waals surface area contributed by atoms with Crippen LogP contribution in [0.15, 0.2) is 116 Å². The molecule has 0 saturated carbocycles. The maximum atomic E-state index is 13.8. The Morgan fingerprint density at radius 2 is 1.51 bits per heavy atom. The standard InChI is InChI=1S/C36H37N5O2/c1-26(31-14-8-11-28-10-2-3-13-32(28)31)41-36(43)33(15-9-23-40-34-16-5-7-22-39-34)35(42)29-19-17-27(18-20-29)24-37-25-30-12-4-6-21-38-30/h2-8,10-14,16-22,26,33,37H,9,15,23-25H2,1H3,(H,39,40)(H,41,43)/t26-,33-/m0/s1. The van der Waals surface area contributed by atoms with Crippen molar-refractivity contribution in [2.24, 2.45) is 5.92 Å². The van der Waals surface area contributed by atoms with E-state index in [0.717, 1.165) is 33.4 Å². The second-order valence-corrected chi connectivity index (χ2v) is 10.6.